The lowest BCUT2D eigenvalue weighted by atomic mass is 9.99. The van der Waals surface area contributed by atoms with Crippen molar-refractivity contribution in [1.82, 2.24) is 14.8 Å². The van der Waals surface area contributed by atoms with Gasteiger partial charge in [-0.05, 0) is 51.5 Å². The molecule has 3 aromatic heterocycles. The van der Waals surface area contributed by atoms with Crippen molar-refractivity contribution in [3.63, 3.8) is 0 Å². The minimum atomic E-state index is -2.78. The quantitative estimate of drug-likeness (QED) is 0.360. The number of aryl methyl sites for hydroxylation is 2. The fraction of sp³-hybridized carbons (Fsp3) is 0.261. The highest BCUT2D eigenvalue weighted by Crippen LogP contribution is 2.32. The fourth-order valence-electron chi connectivity index (χ4n) is 3.72. The van der Waals surface area contributed by atoms with Gasteiger partial charge in [0.2, 0.25) is 0 Å². The standard InChI is InChI=1S/C23H21ClF2N4O2/c1-11-7-16(13(3)28-18-5-6-19(24)29-14(18)4)22-17(8-11)20(31)12(2)21(32-22)15-9-27-30(10-15)23(25)26/h5-10,13,23,28H,1-4H3. The number of fused-ring (bicyclic) bond motifs is 1. The van der Waals surface area contributed by atoms with Gasteiger partial charge in [-0.1, -0.05) is 17.7 Å². The van der Waals surface area contributed by atoms with Crippen molar-refractivity contribution in [3.8, 4) is 11.3 Å². The van der Waals surface area contributed by atoms with E-state index in [1.807, 2.05) is 32.9 Å². The molecule has 0 amide bonds. The highest BCUT2D eigenvalue weighted by molar-refractivity contribution is 6.29. The second-order valence-electron chi connectivity index (χ2n) is 7.74. The first kappa shape index (κ1) is 22.0. The summed E-state index contributed by atoms with van der Waals surface area (Å²) < 4.78 is 32.7. The Morgan fingerprint density at radius 2 is 1.94 bits per heavy atom. The van der Waals surface area contributed by atoms with Gasteiger partial charge in [-0.2, -0.15) is 13.9 Å². The van der Waals surface area contributed by atoms with Gasteiger partial charge >= 0.3 is 6.55 Å². The molecule has 0 aliphatic carbocycles. The highest BCUT2D eigenvalue weighted by atomic mass is 35.5. The molecule has 1 atom stereocenters. The van der Waals surface area contributed by atoms with Crippen LogP contribution in [0.1, 0.15) is 41.9 Å². The Balaban J connectivity index is 1.86. The number of hydrogen-bond donors (Lipinski definition) is 1. The van der Waals surface area contributed by atoms with Gasteiger partial charge in [0.05, 0.1) is 34.6 Å². The molecule has 32 heavy (non-hydrogen) atoms. The number of nitrogens with one attached hydrogen (secondary N) is 1. The van der Waals surface area contributed by atoms with Gasteiger partial charge in [0.25, 0.3) is 0 Å². The Hall–Kier alpha value is -3.26. The molecule has 166 valence electrons. The lowest BCUT2D eigenvalue weighted by Gasteiger charge is -2.19. The number of nitrogens with zero attached hydrogens (tertiary/aromatic N) is 3. The zero-order valence-electron chi connectivity index (χ0n) is 17.9. The first-order valence-corrected chi connectivity index (χ1v) is 10.3. The normalized spacial score (nSPS) is 12.5. The van der Waals surface area contributed by atoms with Gasteiger partial charge in [0.1, 0.15) is 16.5 Å². The number of aromatic nitrogens is 3. The maximum absolute atomic E-state index is 13.2. The number of halogens is 3. The van der Waals surface area contributed by atoms with Crippen molar-refractivity contribution in [2.45, 2.75) is 40.3 Å². The van der Waals surface area contributed by atoms with E-state index >= 15 is 0 Å². The Morgan fingerprint density at radius 3 is 2.59 bits per heavy atom. The third-order valence-electron chi connectivity index (χ3n) is 5.35. The fourth-order valence-corrected chi connectivity index (χ4v) is 3.91. The van der Waals surface area contributed by atoms with Crippen molar-refractivity contribution in [2.75, 3.05) is 5.32 Å². The Bertz CT molecular complexity index is 1380. The predicted molar refractivity (Wildman–Crippen MR) is 120 cm³/mol. The van der Waals surface area contributed by atoms with Gasteiger partial charge in [0.15, 0.2) is 5.43 Å². The summed E-state index contributed by atoms with van der Waals surface area (Å²) in [5.41, 5.74) is 4.01. The van der Waals surface area contributed by atoms with E-state index in [2.05, 4.69) is 15.4 Å². The number of benzene rings is 1. The SMILES string of the molecule is Cc1cc(C(C)Nc2ccc(Cl)nc2C)c2oc(-c3cnn(C(F)F)c3)c(C)c(=O)c2c1. The lowest BCUT2D eigenvalue weighted by Crippen LogP contribution is -2.13. The molecule has 6 nitrogen and oxygen atoms in total. The molecule has 9 heteroatoms. The smallest absolute Gasteiger partial charge is 0.333 e. The van der Waals surface area contributed by atoms with Crippen LogP contribution in [0, 0.1) is 20.8 Å². The largest absolute Gasteiger partial charge is 0.455 e. The van der Waals surface area contributed by atoms with E-state index in [9.17, 15) is 13.6 Å². The van der Waals surface area contributed by atoms with E-state index < -0.39 is 6.55 Å². The number of hydrogen-bond acceptors (Lipinski definition) is 5. The van der Waals surface area contributed by atoms with Crippen LogP contribution in [0.25, 0.3) is 22.3 Å². The summed E-state index contributed by atoms with van der Waals surface area (Å²) in [7, 11) is 0. The molecule has 1 N–H and O–H groups in total. The third-order valence-corrected chi connectivity index (χ3v) is 5.56. The summed E-state index contributed by atoms with van der Waals surface area (Å²) in [6, 6.07) is 6.99. The first-order chi connectivity index (χ1) is 15.2. The highest BCUT2D eigenvalue weighted by Gasteiger charge is 2.20. The van der Waals surface area contributed by atoms with E-state index in [1.54, 1.807) is 19.1 Å². The third kappa shape index (κ3) is 3.98. The number of pyridine rings is 1. The van der Waals surface area contributed by atoms with Crippen LogP contribution in [0.2, 0.25) is 5.15 Å². The van der Waals surface area contributed by atoms with E-state index in [-0.39, 0.29) is 17.2 Å². The van der Waals surface area contributed by atoms with E-state index in [0.717, 1.165) is 22.5 Å². The molecule has 1 unspecified atom stereocenters. The second kappa shape index (κ2) is 8.35. The van der Waals surface area contributed by atoms with Crippen molar-refractivity contribution >= 4 is 28.3 Å². The summed E-state index contributed by atoms with van der Waals surface area (Å²) in [5, 5.41) is 7.88. The zero-order chi connectivity index (χ0) is 23.2. The molecule has 0 aliphatic rings. The molecule has 0 aliphatic heterocycles. The molecule has 4 rings (SSSR count). The van der Waals surface area contributed by atoms with Crippen LogP contribution in [0.15, 0.2) is 45.9 Å². The Morgan fingerprint density at radius 1 is 1.19 bits per heavy atom. The second-order valence-corrected chi connectivity index (χ2v) is 8.12. The molecule has 0 radical (unpaired) electrons. The van der Waals surface area contributed by atoms with Crippen LogP contribution in [-0.2, 0) is 0 Å². The van der Waals surface area contributed by atoms with Crippen molar-refractivity contribution in [1.29, 1.82) is 0 Å². The summed E-state index contributed by atoms with van der Waals surface area (Å²) in [6.07, 6.45) is 2.43. The predicted octanol–water partition coefficient (Wildman–Crippen LogP) is 6.20. The monoisotopic (exact) mass is 458 g/mol. The van der Waals surface area contributed by atoms with Crippen LogP contribution >= 0.6 is 11.6 Å². The van der Waals surface area contributed by atoms with Crippen LogP contribution in [0.3, 0.4) is 0 Å². The summed E-state index contributed by atoms with van der Waals surface area (Å²) in [6.45, 7) is 4.52. The number of anilines is 1. The first-order valence-electron chi connectivity index (χ1n) is 9.96. The zero-order valence-corrected chi connectivity index (χ0v) is 18.7. The molecule has 0 saturated heterocycles. The van der Waals surface area contributed by atoms with Crippen molar-refractivity contribution < 1.29 is 13.2 Å². The molecular formula is C23H21ClF2N4O2. The molecule has 0 fully saturated rings. The number of rotatable bonds is 5. The van der Waals surface area contributed by atoms with Gasteiger partial charge in [0, 0.05) is 17.3 Å². The van der Waals surface area contributed by atoms with E-state index in [1.165, 1.54) is 12.4 Å². The van der Waals surface area contributed by atoms with E-state index in [4.69, 9.17) is 16.0 Å². The molecule has 0 saturated carbocycles. The van der Waals surface area contributed by atoms with Crippen LogP contribution in [0.4, 0.5) is 14.5 Å². The average Bonchev–Trinajstić information content (AvgIpc) is 3.23. The summed E-state index contributed by atoms with van der Waals surface area (Å²) in [4.78, 5) is 17.4. The number of alkyl halides is 2. The summed E-state index contributed by atoms with van der Waals surface area (Å²) in [5.74, 6) is 0.219. The molecule has 3 heterocycles. The maximum Gasteiger partial charge on any atom is 0.333 e. The van der Waals surface area contributed by atoms with Crippen LogP contribution in [0.5, 0.6) is 0 Å². The minimum Gasteiger partial charge on any atom is -0.455 e. The van der Waals surface area contributed by atoms with Crippen LogP contribution in [-0.4, -0.2) is 14.8 Å². The molecule has 4 aromatic rings. The van der Waals surface area contributed by atoms with Gasteiger partial charge in [-0.3, -0.25) is 4.79 Å². The molecule has 0 bridgehead atoms. The average molecular weight is 459 g/mol. The molecule has 0 spiro atoms. The topological polar surface area (TPSA) is 73.0 Å². The maximum atomic E-state index is 13.2. The van der Waals surface area contributed by atoms with Crippen molar-refractivity contribution in [3.05, 3.63) is 74.4 Å². The van der Waals surface area contributed by atoms with Gasteiger partial charge in [-0.25, -0.2) is 9.67 Å². The molecular weight excluding hydrogens is 438 g/mol. The Labute approximate surface area is 187 Å². The van der Waals surface area contributed by atoms with Gasteiger partial charge in [-0.15, -0.1) is 0 Å². The van der Waals surface area contributed by atoms with Crippen LogP contribution < -0.4 is 10.7 Å². The van der Waals surface area contributed by atoms with Crippen molar-refractivity contribution in [2.24, 2.45) is 0 Å². The van der Waals surface area contributed by atoms with Gasteiger partial charge < -0.3 is 9.73 Å². The van der Waals surface area contributed by atoms with E-state index in [0.29, 0.717) is 31.9 Å². The molecule has 1 aromatic carbocycles. The lowest BCUT2D eigenvalue weighted by molar-refractivity contribution is 0.0566. The summed E-state index contributed by atoms with van der Waals surface area (Å²) >= 11 is 5.96. The minimum absolute atomic E-state index is 0.215. The Kier molecular flexibility index (Phi) is 5.73.